The lowest BCUT2D eigenvalue weighted by molar-refractivity contribution is 0.0927. The van der Waals surface area contributed by atoms with Gasteiger partial charge in [-0.3, -0.25) is 4.79 Å². The number of furan rings is 1. The maximum absolute atomic E-state index is 11.8. The minimum Gasteiger partial charge on any atom is -0.459 e. The van der Waals surface area contributed by atoms with E-state index in [0.29, 0.717) is 5.02 Å². The molecule has 0 radical (unpaired) electrons. The van der Waals surface area contributed by atoms with Crippen molar-refractivity contribution in [3.63, 3.8) is 0 Å². The first kappa shape index (κ1) is 16.1. The van der Waals surface area contributed by atoms with E-state index in [9.17, 15) is 4.79 Å². The molecule has 0 bridgehead atoms. The molecular formula is C18H16ClN3O2. The van der Waals surface area contributed by atoms with E-state index in [-0.39, 0.29) is 5.76 Å². The Morgan fingerprint density at radius 1 is 1.25 bits per heavy atom. The zero-order valence-corrected chi connectivity index (χ0v) is 14.0. The zero-order valence-electron chi connectivity index (χ0n) is 13.3. The number of benzene rings is 1. The third-order valence-electron chi connectivity index (χ3n) is 3.68. The van der Waals surface area contributed by atoms with E-state index in [2.05, 4.69) is 15.1 Å². The predicted octanol–water partition coefficient (Wildman–Crippen LogP) is 4.10. The summed E-state index contributed by atoms with van der Waals surface area (Å²) in [7, 11) is 0. The summed E-state index contributed by atoms with van der Waals surface area (Å²) in [6, 6.07) is 12.9. The molecule has 1 amide bonds. The molecule has 1 aromatic carbocycles. The maximum Gasteiger partial charge on any atom is 0.307 e. The summed E-state index contributed by atoms with van der Waals surface area (Å²) >= 11 is 6.29. The molecule has 0 fully saturated rings. The number of nitrogens with zero attached hydrogens (tertiary/aromatic N) is 2. The van der Waals surface area contributed by atoms with Crippen LogP contribution in [0.2, 0.25) is 5.02 Å². The number of hydrogen-bond donors (Lipinski definition) is 1. The molecule has 3 aromatic rings. The van der Waals surface area contributed by atoms with Gasteiger partial charge in [0.25, 0.3) is 0 Å². The molecule has 6 heteroatoms. The summed E-state index contributed by atoms with van der Waals surface area (Å²) in [6.07, 6.45) is 3.05. The van der Waals surface area contributed by atoms with Gasteiger partial charge in [-0.05, 0) is 44.2 Å². The molecule has 1 N–H and O–H groups in total. The molecule has 0 spiro atoms. The first-order valence-electron chi connectivity index (χ1n) is 7.38. The summed E-state index contributed by atoms with van der Waals surface area (Å²) in [5.74, 6) is -0.176. The smallest absolute Gasteiger partial charge is 0.307 e. The van der Waals surface area contributed by atoms with Gasteiger partial charge in [-0.1, -0.05) is 23.7 Å². The van der Waals surface area contributed by atoms with Crippen LogP contribution in [0.5, 0.6) is 0 Å². The fourth-order valence-electron chi connectivity index (χ4n) is 2.55. The summed E-state index contributed by atoms with van der Waals surface area (Å²) in [6.45, 7) is 3.97. The minimum absolute atomic E-state index is 0.216. The van der Waals surface area contributed by atoms with E-state index in [1.165, 1.54) is 6.26 Å². The molecule has 5 nitrogen and oxygen atoms in total. The average Bonchev–Trinajstić information content (AvgIpc) is 3.18. The number of aryl methyl sites for hydroxylation is 1. The number of nitrogens with one attached hydrogen (secondary N) is 1. The highest BCUT2D eigenvalue weighted by atomic mass is 35.5. The van der Waals surface area contributed by atoms with Crippen molar-refractivity contribution in [3.05, 3.63) is 76.5 Å². The summed E-state index contributed by atoms with van der Waals surface area (Å²) in [4.78, 5) is 11.8. The number of para-hydroxylation sites is 1. The SMILES string of the molecule is Cc1cc(/C=N\NC(=O)c2ccco2)c(C)n1-c1ccccc1Cl. The van der Waals surface area contributed by atoms with Crippen LogP contribution in [0, 0.1) is 13.8 Å². The van der Waals surface area contributed by atoms with Crippen LogP contribution in [-0.2, 0) is 0 Å². The van der Waals surface area contributed by atoms with Crippen molar-refractivity contribution in [3.8, 4) is 5.69 Å². The fraction of sp³-hybridized carbons (Fsp3) is 0.111. The van der Waals surface area contributed by atoms with E-state index in [1.807, 2.05) is 44.2 Å². The van der Waals surface area contributed by atoms with Crippen molar-refractivity contribution < 1.29 is 9.21 Å². The van der Waals surface area contributed by atoms with Crippen molar-refractivity contribution in [2.45, 2.75) is 13.8 Å². The topological polar surface area (TPSA) is 59.5 Å². The second kappa shape index (κ2) is 6.76. The molecule has 2 heterocycles. The van der Waals surface area contributed by atoms with Crippen molar-refractivity contribution in [2.24, 2.45) is 5.10 Å². The molecule has 3 rings (SSSR count). The number of carbonyl (C=O) groups excluding carboxylic acids is 1. The largest absolute Gasteiger partial charge is 0.459 e. The van der Waals surface area contributed by atoms with Gasteiger partial charge in [0.2, 0.25) is 0 Å². The van der Waals surface area contributed by atoms with E-state index in [1.54, 1.807) is 18.3 Å². The summed E-state index contributed by atoms with van der Waals surface area (Å²) in [5, 5.41) is 4.67. The highest BCUT2D eigenvalue weighted by Gasteiger charge is 2.12. The number of aromatic nitrogens is 1. The van der Waals surface area contributed by atoms with Gasteiger partial charge < -0.3 is 8.98 Å². The highest BCUT2D eigenvalue weighted by Crippen LogP contribution is 2.25. The Labute approximate surface area is 144 Å². The van der Waals surface area contributed by atoms with Crippen molar-refractivity contribution in [1.29, 1.82) is 0 Å². The Kier molecular flexibility index (Phi) is 4.53. The normalized spacial score (nSPS) is 11.1. The monoisotopic (exact) mass is 341 g/mol. The number of halogens is 1. The highest BCUT2D eigenvalue weighted by molar-refractivity contribution is 6.32. The second-order valence-electron chi connectivity index (χ2n) is 5.29. The molecule has 0 saturated heterocycles. The first-order chi connectivity index (χ1) is 11.6. The van der Waals surface area contributed by atoms with Crippen LogP contribution < -0.4 is 5.43 Å². The number of carbonyl (C=O) groups is 1. The van der Waals surface area contributed by atoms with Crippen LogP contribution in [0.25, 0.3) is 5.69 Å². The molecule has 24 heavy (non-hydrogen) atoms. The van der Waals surface area contributed by atoms with E-state index in [4.69, 9.17) is 16.0 Å². The third kappa shape index (κ3) is 3.12. The van der Waals surface area contributed by atoms with Gasteiger partial charge in [0.15, 0.2) is 5.76 Å². The average molecular weight is 342 g/mol. The molecule has 0 unspecified atom stereocenters. The Morgan fingerprint density at radius 3 is 2.75 bits per heavy atom. The van der Waals surface area contributed by atoms with Crippen LogP contribution in [-0.4, -0.2) is 16.7 Å². The molecule has 0 aliphatic heterocycles. The van der Waals surface area contributed by atoms with Gasteiger partial charge in [0.05, 0.1) is 23.2 Å². The van der Waals surface area contributed by atoms with Crippen LogP contribution >= 0.6 is 11.6 Å². The Morgan fingerprint density at radius 2 is 2.04 bits per heavy atom. The fourth-order valence-corrected chi connectivity index (χ4v) is 2.77. The first-order valence-corrected chi connectivity index (χ1v) is 7.76. The summed E-state index contributed by atoms with van der Waals surface area (Å²) < 4.78 is 7.06. The predicted molar refractivity (Wildman–Crippen MR) is 94.0 cm³/mol. The Balaban J connectivity index is 1.83. The third-order valence-corrected chi connectivity index (χ3v) is 4.00. The molecular weight excluding hydrogens is 326 g/mol. The lowest BCUT2D eigenvalue weighted by Crippen LogP contribution is -2.16. The molecule has 2 aromatic heterocycles. The minimum atomic E-state index is -0.392. The molecule has 122 valence electrons. The Hall–Kier alpha value is -2.79. The van der Waals surface area contributed by atoms with E-state index >= 15 is 0 Å². The lowest BCUT2D eigenvalue weighted by Gasteiger charge is -2.11. The van der Waals surface area contributed by atoms with Crippen LogP contribution in [0.1, 0.15) is 27.5 Å². The lowest BCUT2D eigenvalue weighted by atomic mass is 10.2. The molecule has 0 aliphatic carbocycles. The molecule has 0 saturated carbocycles. The van der Waals surface area contributed by atoms with E-state index < -0.39 is 5.91 Å². The maximum atomic E-state index is 11.8. The standard InChI is InChI=1S/C18H16ClN3O2/c1-12-10-14(11-20-21-18(23)17-8-5-9-24-17)13(2)22(12)16-7-4-3-6-15(16)19/h3-11H,1-2H3,(H,21,23)/b20-11-. The quantitative estimate of drug-likeness (QED) is 0.573. The van der Waals surface area contributed by atoms with Gasteiger partial charge in [0.1, 0.15) is 0 Å². The van der Waals surface area contributed by atoms with Crippen LogP contribution in [0.4, 0.5) is 0 Å². The second-order valence-corrected chi connectivity index (χ2v) is 5.70. The van der Waals surface area contributed by atoms with Gasteiger partial charge in [-0.15, -0.1) is 0 Å². The van der Waals surface area contributed by atoms with Gasteiger partial charge in [-0.2, -0.15) is 5.10 Å². The molecule has 0 atom stereocenters. The van der Waals surface area contributed by atoms with Gasteiger partial charge >= 0.3 is 5.91 Å². The number of amides is 1. The van der Waals surface area contributed by atoms with Crippen LogP contribution in [0.15, 0.2) is 58.2 Å². The summed E-state index contributed by atoms with van der Waals surface area (Å²) in [5.41, 5.74) is 6.26. The number of hydrogen-bond acceptors (Lipinski definition) is 3. The Bertz CT molecular complexity index is 895. The van der Waals surface area contributed by atoms with Crippen molar-refractivity contribution >= 4 is 23.7 Å². The van der Waals surface area contributed by atoms with Gasteiger partial charge in [-0.25, -0.2) is 5.43 Å². The van der Waals surface area contributed by atoms with Gasteiger partial charge in [0, 0.05) is 17.0 Å². The van der Waals surface area contributed by atoms with Crippen molar-refractivity contribution in [2.75, 3.05) is 0 Å². The molecule has 0 aliphatic rings. The van der Waals surface area contributed by atoms with E-state index in [0.717, 1.165) is 22.6 Å². The van der Waals surface area contributed by atoms with Crippen LogP contribution in [0.3, 0.4) is 0 Å². The zero-order chi connectivity index (χ0) is 17.1. The number of hydrazone groups is 1. The number of rotatable bonds is 4. The van der Waals surface area contributed by atoms with Crippen molar-refractivity contribution in [1.82, 2.24) is 9.99 Å².